The number of nitrogens with zero attached hydrogens (tertiary/aromatic N) is 2. The van der Waals surface area contributed by atoms with Crippen LogP contribution in [0.15, 0.2) is 47.4 Å². The number of hydrogen-bond acceptors (Lipinski definition) is 5. The lowest BCUT2D eigenvalue weighted by Gasteiger charge is -2.23. The zero-order valence-electron chi connectivity index (χ0n) is 17.6. The highest BCUT2D eigenvalue weighted by molar-refractivity contribution is 5.56. The normalized spacial score (nSPS) is 14.5. The van der Waals surface area contributed by atoms with Crippen LogP contribution in [0.5, 0.6) is 5.75 Å². The molecule has 1 aliphatic carbocycles. The van der Waals surface area contributed by atoms with Crippen LogP contribution in [-0.4, -0.2) is 21.1 Å². The molecule has 6 nitrogen and oxygen atoms in total. The van der Waals surface area contributed by atoms with Gasteiger partial charge in [-0.1, -0.05) is 18.6 Å². The van der Waals surface area contributed by atoms with Crippen LogP contribution in [0, 0.1) is 13.8 Å². The predicted molar refractivity (Wildman–Crippen MR) is 119 cm³/mol. The summed E-state index contributed by atoms with van der Waals surface area (Å²) in [6.45, 7) is 4.27. The van der Waals surface area contributed by atoms with Gasteiger partial charge in [0.25, 0.3) is 5.56 Å². The molecule has 156 valence electrons. The molecule has 0 aliphatic heterocycles. The fourth-order valence-electron chi connectivity index (χ4n) is 3.72. The molecule has 2 N–H and O–H groups in total. The third kappa shape index (κ3) is 4.87. The molecule has 0 unspecified atom stereocenters. The molecule has 0 amide bonds. The van der Waals surface area contributed by atoms with Gasteiger partial charge in [0.15, 0.2) is 0 Å². The number of H-pyrrole nitrogens is 1. The number of anilines is 1. The zero-order valence-corrected chi connectivity index (χ0v) is 17.6. The summed E-state index contributed by atoms with van der Waals surface area (Å²) in [5.41, 5.74) is 3.18. The second kappa shape index (κ2) is 9.11. The van der Waals surface area contributed by atoms with Crippen LogP contribution < -0.4 is 15.6 Å². The van der Waals surface area contributed by atoms with E-state index >= 15 is 0 Å². The minimum atomic E-state index is -0.116. The fourth-order valence-corrected chi connectivity index (χ4v) is 3.72. The molecule has 1 saturated carbocycles. The van der Waals surface area contributed by atoms with E-state index in [0.717, 1.165) is 41.2 Å². The summed E-state index contributed by atoms with van der Waals surface area (Å²) in [6, 6.07) is 12.0. The Morgan fingerprint density at radius 3 is 2.70 bits per heavy atom. The minimum Gasteiger partial charge on any atom is -0.490 e. The fraction of sp³-hybridized carbons (Fsp3) is 0.375. The topological polar surface area (TPSA) is 79.9 Å². The van der Waals surface area contributed by atoms with E-state index < -0.39 is 0 Å². The lowest BCUT2D eigenvalue weighted by molar-refractivity contribution is 0.155. The Labute approximate surface area is 176 Å². The maximum atomic E-state index is 12.0. The first-order valence-corrected chi connectivity index (χ1v) is 10.6. The summed E-state index contributed by atoms with van der Waals surface area (Å²) in [7, 11) is 0. The molecule has 0 atom stereocenters. The monoisotopic (exact) mass is 404 g/mol. The van der Waals surface area contributed by atoms with Crippen molar-refractivity contribution in [2.24, 2.45) is 0 Å². The second-order valence-electron chi connectivity index (χ2n) is 7.94. The summed E-state index contributed by atoms with van der Waals surface area (Å²) < 4.78 is 6.16. The molecular formula is C24H28N4O2. The summed E-state index contributed by atoms with van der Waals surface area (Å²) in [6.07, 6.45) is 8.22. The van der Waals surface area contributed by atoms with E-state index in [-0.39, 0.29) is 5.56 Å². The van der Waals surface area contributed by atoms with E-state index in [9.17, 15) is 4.79 Å². The van der Waals surface area contributed by atoms with E-state index in [4.69, 9.17) is 4.74 Å². The van der Waals surface area contributed by atoms with Gasteiger partial charge in [-0.15, -0.1) is 0 Å². The highest BCUT2D eigenvalue weighted by Gasteiger charge is 2.14. The number of rotatable bonds is 6. The Balaban J connectivity index is 1.38. The maximum Gasteiger partial charge on any atom is 0.254 e. The van der Waals surface area contributed by atoms with Gasteiger partial charge < -0.3 is 15.0 Å². The van der Waals surface area contributed by atoms with Crippen molar-refractivity contribution in [1.29, 1.82) is 0 Å². The second-order valence-corrected chi connectivity index (χ2v) is 7.94. The first kappa shape index (κ1) is 20.1. The third-order valence-electron chi connectivity index (χ3n) is 5.66. The van der Waals surface area contributed by atoms with Gasteiger partial charge in [-0.2, -0.15) is 0 Å². The molecule has 0 radical (unpaired) electrons. The molecule has 4 rings (SSSR count). The van der Waals surface area contributed by atoms with Gasteiger partial charge in [-0.05, 0) is 69.4 Å². The number of benzene rings is 1. The van der Waals surface area contributed by atoms with Crippen molar-refractivity contribution in [3.05, 3.63) is 69.8 Å². The van der Waals surface area contributed by atoms with E-state index in [1.54, 1.807) is 13.1 Å². The molecule has 6 heteroatoms. The van der Waals surface area contributed by atoms with Crippen molar-refractivity contribution in [2.45, 2.75) is 58.6 Å². The number of ether oxygens (including phenoxy) is 1. The van der Waals surface area contributed by atoms with Gasteiger partial charge in [0.05, 0.1) is 6.10 Å². The van der Waals surface area contributed by atoms with Gasteiger partial charge in [0.2, 0.25) is 0 Å². The average molecular weight is 405 g/mol. The SMILES string of the molecule is Cc1nc(-c2ccc(NCc3cccc(OC4CCCCC4)c3)nc2)[nH]c(=O)c1C. The molecule has 1 aromatic carbocycles. The van der Waals surface area contributed by atoms with Crippen LogP contribution in [0.3, 0.4) is 0 Å². The molecule has 30 heavy (non-hydrogen) atoms. The predicted octanol–water partition coefficient (Wildman–Crippen LogP) is 4.77. The first-order chi connectivity index (χ1) is 14.6. The van der Waals surface area contributed by atoms with Crippen LogP contribution >= 0.6 is 0 Å². The smallest absolute Gasteiger partial charge is 0.254 e. The first-order valence-electron chi connectivity index (χ1n) is 10.6. The molecule has 1 aliphatic rings. The van der Waals surface area contributed by atoms with Gasteiger partial charge in [0, 0.05) is 29.6 Å². The summed E-state index contributed by atoms with van der Waals surface area (Å²) >= 11 is 0. The van der Waals surface area contributed by atoms with Crippen molar-refractivity contribution in [3.8, 4) is 17.1 Å². The van der Waals surface area contributed by atoms with Crippen LogP contribution in [0.2, 0.25) is 0 Å². The Kier molecular flexibility index (Phi) is 6.12. The molecule has 3 aromatic rings. The van der Waals surface area contributed by atoms with Crippen LogP contribution in [0.1, 0.15) is 48.9 Å². The number of nitrogens with one attached hydrogen (secondary N) is 2. The molecule has 0 bridgehead atoms. The Hall–Kier alpha value is -3.15. The highest BCUT2D eigenvalue weighted by atomic mass is 16.5. The molecule has 2 heterocycles. The van der Waals surface area contributed by atoms with Crippen molar-refractivity contribution >= 4 is 5.82 Å². The Morgan fingerprint density at radius 1 is 1.13 bits per heavy atom. The third-order valence-corrected chi connectivity index (χ3v) is 5.66. The standard InChI is InChI=1S/C24H28N4O2/c1-16-17(2)27-23(28-24(16)29)19-11-12-22(26-15-19)25-14-18-7-6-10-21(13-18)30-20-8-4-3-5-9-20/h6-7,10-13,15,20H,3-5,8-9,14H2,1-2H3,(H,25,26)(H,27,28,29). The molecule has 1 fully saturated rings. The van der Waals surface area contributed by atoms with E-state index in [0.29, 0.717) is 24.0 Å². The number of aromatic nitrogens is 3. The summed E-state index contributed by atoms with van der Waals surface area (Å²) in [4.78, 5) is 23.7. The van der Waals surface area contributed by atoms with Gasteiger partial charge in [0.1, 0.15) is 17.4 Å². The highest BCUT2D eigenvalue weighted by Crippen LogP contribution is 2.24. The molecule has 2 aromatic heterocycles. The van der Waals surface area contributed by atoms with E-state index in [1.807, 2.05) is 31.2 Å². The average Bonchev–Trinajstić information content (AvgIpc) is 2.77. The van der Waals surface area contributed by atoms with E-state index in [1.165, 1.54) is 19.3 Å². The van der Waals surface area contributed by atoms with Crippen LogP contribution in [-0.2, 0) is 6.54 Å². The number of aromatic amines is 1. The quantitative estimate of drug-likeness (QED) is 0.618. The number of hydrogen-bond donors (Lipinski definition) is 2. The van der Waals surface area contributed by atoms with Gasteiger partial charge in [-0.3, -0.25) is 4.79 Å². The lowest BCUT2D eigenvalue weighted by Crippen LogP contribution is -2.19. The Bertz CT molecular complexity index is 1050. The minimum absolute atomic E-state index is 0.116. The van der Waals surface area contributed by atoms with Crippen molar-refractivity contribution in [2.75, 3.05) is 5.32 Å². The lowest BCUT2D eigenvalue weighted by atomic mass is 9.98. The zero-order chi connectivity index (χ0) is 20.9. The maximum absolute atomic E-state index is 12.0. The molecule has 0 spiro atoms. The van der Waals surface area contributed by atoms with Crippen LogP contribution in [0.25, 0.3) is 11.4 Å². The van der Waals surface area contributed by atoms with Crippen molar-refractivity contribution in [3.63, 3.8) is 0 Å². The Morgan fingerprint density at radius 2 is 1.97 bits per heavy atom. The van der Waals surface area contributed by atoms with Crippen LogP contribution in [0.4, 0.5) is 5.82 Å². The summed E-state index contributed by atoms with van der Waals surface area (Å²) in [5.74, 6) is 2.24. The largest absolute Gasteiger partial charge is 0.490 e. The number of pyridine rings is 1. The molecule has 0 saturated heterocycles. The van der Waals surface area contributed by atoms with Crippen molar-refractivity contribution < 1.29 is 4.74 Å². The number of aryl methyl sites for hydroxylation is 1. The van der Waals surface area contributed by atoms with Gasteiger partial charge >= 0.3 is 0 Å². The van der Waals surface area contributed by atoms with E-state index in [2.05, 4.69) is 32.4 Å². The van der Waals surface area contributed by atoms with Crippen molar-refractivity contribution in [1.82, 2.24) is 15.0 Å². The summed E-state index contributed by atoms with van der Waals surface area (Å²) in [5, 5.41) is 3.34. The van der Waals surface area contributed by atoms with Gasteiger partial charge in [-0.25, -0.2) is 9.97 Å². The molecular weight excluding hydrogens is 376 g/mol.